The van der Waals surface area contributed by atoms with Gasteiger partial charge in [0.2, 0.25) is 0 Å². The molecule has 0 saturated heterocycles. The molecule has 0 aliphatic heterocycles. The fourth-order valence-electron chi connectivity index (χ4n) is 2.10. The van der Waals surface area contributed by atoms with E-state index in [1.165, 1.54) is 12.1 Å². The van der Waals surface area contributed by atoms with Gasteiger partial charge in [-0.15, -0.1) is 0 Å². The van der Waals surface area contributed by atoms with Crippen LogP contribution in [-0.4, -0.2) is 27.4 Å². The van der Waals surface area contributed by atoms with E-state index in [1.807, 2.05) is 0 Å². The molecule has 2 aromatic carbocycles. The van der Waals surface area contributed by atoms with Gasteiger partial charge in [0, 0.05) is 20.2 Å². The van der Waals surface area contributed by atoms with Crippen molar-refractivity contribution in [1.29, 1.82) is 0 Å². The molecule has 0 N–H and O–H groups in total. The van der Waals surface area contributed by atoms with Gasteiger partial charge in [-0.3, -0.25) is 10.1 Å². The Balaban J connectivity index is 2.44. The third-order valence-corrected chi connectivity index (χ3v) is 4.87. The lowest BCUT2D eigenvalue weighted by molar-refractivity contribution is -0.384. The monoisotopic (exact) mass is 320 g/mol. The van der Waals surface area contributed by atoms with Crippen molar-refractivity contribution in [2.45, 2.75) is 10.6 Å². The van der Waals surface area contributed by atoms with Gasteiger partial charge < -0.3 is 4.90 Å². The molecule has 0 aliphatic carbocycles. The number of nitro groups is 1. The van der Waals surface area contributed by atoms with Crippen molar-refractivity contribution in [2.75, 3.05) is 19.0 Å². The molecule has 2 aromatic rings. The second-order valence-corrected chi connectivity index (χ2v) is 7.04. The highest BCUT2D eigenvalue weighted by molar-refractivity contribution is 7.90. The van der Waals surface area contributed by atoms with Crippen LogP contribution in [0.15, 0.2) is 53.4 Å². The minimum atomic E-state index is -3.63. The molecular formula is C15H16N2O4S. The van der Waals surface area contributed by atoms with Crippen molar-refractivity contribution in [1.82, 2.24) is 0 Å². The van der Waals surface area contributed by atoms with Crippen LogP contribution in [0.1, 0.15) is 5.56 Å². The van der Waals surface area contributed by atoms with E-state index >= 15 is 0 Å². The van der Waals surface area contributed by atoms with Crippen molar-refractivity contribution in [2.24, 2.45) is 0 Å². The summed E-state index contributed by atoms with van der Waals surface area (Å²) in [5.41, 5.74) is 0.782. The highest BCUT2D eigenvalue weighted by Gasteiger charge is 2.22. The van der Waals surface area contributed by atoms with Crippen LogP contribution in [0.2, 0.25) is 0 Å². The summed E-state index contributed by atoms with van der Waals surface area (Å²) in [5, 5.41) is 11.1. The van der Waals surface area contributed by atoms with E-state index in [4.69, 9.17) is 0 Å². The van der Waals surface area contributed by atoms with Crippen LogP contribution in [0, 0.1) is 10.1 Å². The Hall–Kier alpha value is -2.41. The molecule has 7 heteroatoms. The summed E-state index contributed by atoms with van der Waals surface area (Å²) in [6, 6.07) is 12.7. The van der Waals surface area contributed by atoms with E-state index in [1.54, 1.807) is 49.3 Å². The molecule has 0 saturated carbocycles. The van der Waals surface area contributed by atoms with Crippen LogP contribution >= 0.6 is 0 Å². The molecule has 6 nitrogen and oxygen atoms in total. The molecule has 2 rings (SSSR count). The van der Waals surface area contributed by atoms with Crippen molar-refractivity contribution < 1.29 is 13.3 Å². The number of hydrogen-bond donors (Lipinski definition) is 0. The minimum absolute atomic E-state index is 0.0475. The molecule has 22 heavy (non-hydrogen) atoms. The van der Waals surface area contributed by atoms with Gasteiger partial charge in [0.05, 0.1) is 15.6 Å². The smallest absolute Gasteiger partial charge is 0.293 e. The fourth-order valence-corrected chi connectivity index (χ4v) is 3.46. The van der Waals surface area contributed by atoms with E-state index in [9.17, 15) is 18.5 Å². The molecule has 0 aliphatic rings. The lowest BCUT2D eigenvalue weighted by Crippen LogP contribution is -2.12. The SMILES string of the molecule is CN(C)c1ccc(S(=O)(=O)Cc2ccccc2)cc1[N+](=O)[O-]. The summed E-state index contributed by atoms with van der Waals surface area (Å²) >= 11 is 0. The molecule has 116 valence electrons. The lowest BCUT2D eigenvalue weighted by atomic mass is 10.2. The molecule has 0 spiro atoms. The van der Waals surface area contributed by atoms with Crippen LogP contribution in [0.25, 0.3) is 0 Å². The molecular weight excluding hydrogens is 304 g/mol. The minimum Gasteiger partial charge on any atom is -0.372 e. The van der Waals surface area contributed by atoms with Gasteiger partial charge in [-0.25, -0.2) is 8.42 Å². The van der Waals surface area contributed by atoms with Crippen LogP contribution in [-0.2, 0) is 15.6 Å². The van der Waals surface area contributed by atoms with Crippen molar-refractivity contribution in [3.05, 3.63) is 64.2 Å². The fraction of sp³-hybridized carbons (Fsp3) is 0.200. The first kappa shape index (κ1) is 16.0. The zero-order valence-corrected chi connectivity index (χ0v) is 13.1. The number of benzene rings is 2. The van der Waals surface area contributed by atoms with E-state index in [2.05, 4.69) is 0 Å². The van der Waals surface area contributed by atoms with E-state index in [-0.39, 0.29) is 16.3 Å². The molecule has 0 amide bonds. The largest absolute Gasteiger partial charge is 0.372 e. The summed E-state index contributed by atoms with van der Waals surface area (Å²) in [5.74, 6) is -0.188. The summed E-state index contributed by atoms with van der Waals surface area (Å²) in [6.07, 6.45) is 0. The first-order valence-corrected chi connectivity index (χ1v) is 8.19. The Labute approximate surface area is 129 Å². The first-order chi connectivity index (χ1) is 10.3. The van der Waals surface area contributed by atoms with Gasteiger partial charge in [-0.1, -0.05) is 30.3 Å². The number of sulfone groups is 1. The van der Waals surface area contributed by atoms with Gasteiger partial charge in [-0.05, 0) is 17.7 Å². The standard InChI is InChI=1S/C15H16N2O4S/c1-16(2)14-9-8-13(10-15(14)17(18)19)22(20,21)11-12-6-4-3-5-7-12/h3-10H,11H2,1-2H3. The van der Waals surface area contributed by atoms with Crippen LogP contribution < -0.4 is 4.90 Å². The van der Waals surface area contributed by atoms with Gasteiger partial charge in [0.15, 0.2) is 9.84 Å². The Morgan fingerprint density at radius 2 is 1.73 bits per heavy atom. The summed E-state index contributed by atoms with van der Waals surface area (Å²) in [6.45, 7) is 0. The van der Waals surface area contributed by atoms with Gasteiger partial charge in [0.1, 0.15) is 5.69 Å². The Kier molecular flexibility index (Phi) is 4.46. The predicted molar refractivity (Wildman–Crippen MR) is 84.8 cm³/mol. The predicted octanol–water partition coefficient (Wildman–Crippen LogP) is 2.63. The molecule has 0 atom stereocenters. The molecule has 0 fully saturated rings. The van der Waals surface area contributed by atoms with Crippen molar-refractivity contribution in [3.8, 4) is 0 Å². The molecule has 0 radical (unpaired) electrons. The summed E-state index contributed by atoms with van der Waals surface area (Å²) < 4.78 is 24.8. The zero-order chi connectivity index (χ0) is 16.3. The lowest BCUT2D eigenvalue weighted by Gasteiger charge is -2.13. The molecule has 0 bridgehead atoms. The molecule has 0 heterocycles. The Bertz CT molecular complexity index is 786. The van der Waals surface area contributed by atoms with E-state index in [0.717, 1.165) is 6.07 Å². The topological polar surface area (TPSA) is 80.5 Å². The first-order valence-electron chi connectivity index (χ1n) is 6.54. The van der Waals surface area contributed by atoms with Crippen LogP contribution in [0.5, 0.6) is 0 Å². The number of hydrogen-bond acceptors (Lipinski definition) is 5. The zero-order valence-electron chi connectivity index (χ0n) is 12.3. The summed E-state index contributed by atoms with van der Waals surface area (Å²) in [4.78, 5) is 12.1. The highest BCUT2D eigenvalue weighted by atomic mass is 32.2. The van der Waals surface area contributed by atoms with E-state index in [0.29, 0.717) is 11.3 Å². The van der Waals surface area contributed by atoms with Crippen molar-refractivity contribution >= 4 is 21.2 Å². The van der Waals surface area contributed by atoms with Gasteiger partial charge in [0.25, 0.3) is 5.69 Å². The summed E-state index contributed by atoms with van der Waals surface area (Å²) in [7, 11) is -0.300. The number of nitrogens with zero attached hydrogens (tertiary/aromatic N) is 2. The second kappa shape index (κ2) is 6.15. The van der Waals surface area contributed by atoms with E-state index < -0.39 is 14.8 Å². The highest BCUT2D eigenvalue weighted by Crippen LogP contribution is 2.30. The number of rotatable bonds is 5. The maximum atomic E-state index is 12.4. The number of nitro benzene ring substituents is 1. The maximum Gasteiger partial charge on any atom is 0.293 e. The molecule has 0 aromatic heterocycles. The Morgan fingerprint density at radius 1 is 1.09 bits per heavy atom. The second-order valence-electron chi connectivity index (χ2n) is 5.05. The normalized spacial score (nSPS) is 11.2. The quantitative estimate of drug-likeness (QED) is 0.625. The van der Waals surface area contributed by atoms with Gasteiger partial charge in [-0.2, -0.15) is 0 Å². The van der Waals surface area contributed by atoms with Crippen molar-refractivity contribution in [3.63, 3.8) is 0 Å². The third kappa shape index (κ3) is 3.43. The van der Waals surface area contributed by atoms with Crippen LogP contribution in [0.4, 0.5) is 11.4 Å². The third-order valence-electron chi connectivity index (χ3n) is 3.18. The van der Waals surface area contributed by atoms with Crippen LogP contribution in [0.3, 0.4) is 0 Å². The average Bonchev–Trinajstić information content (AvgIpc) is 2.47. The number of anilines is 1. The average molecular weight is 320 g/mol. The molecule has 0 unspecified atom stereocenters. The Morgan fingerprint density at radius 3 is 2.27 bits per heavy atom. The maximum absolute atomic E-state index is 12.4. The van der Waals surface area contributed by atoms with Gasteiger partial charge >= 0.3 is 0 Å².